The highest BCUT2D eigenvalue weighted by molar-refractivity contribution is 7.93. The fourth-order valence-electron chi connectivity index (χ4n) is 4.96. The Bertz CT molecular complexity index is 1180. The molecule has 2 aliphatic rings. The maximum atomic E-state index is 14.0. The number of aromatic nitrogens is 1. The molecule has 36 heavy (non-hydrogen) atoms. The molecule has 1 saturated carbocycles. The number of sulfonamides is 1. The molecule has 0 radical (unpaired) electrons. The van der Waals surface area contributed by atoms with Crippen molar-refractivity contribution >= 4 is 21.7 Å². The number of fused-ring (bicyclic) bond motifs is 1. The molecule has 0 amide bonds. The highest BCUT2D eigenvalue weighted by atomic mass is 32.2. The lowest BCUT2D eigenvalue weighted by Gasteiger charge is -2.36. The van der Waals surface area contributed by atoms with E-state index in [0.717, 1.165) is 12.0 Å². The van der Waals surface area contributed by atoms with Crippen LogP contribution in [0.2, 0.25) is 0 Å². The van der Waals surface area contributed by atoms with Crippen molar-refractivity contribution in [2.75, 3.05) is 24.1 Å². The van der Waals surface area contributed by atoms with Crippen LogP contribution in [0.25, 0.3) is 0 Å². The van der Waals surface area contributed by atoms with E-state index in [1.165, 1.54) is 48.7 Å². The van der Waals surface area contributed by atoms with Gasteiger partial charge >= 0.3 is 5.97 Å². The molecule has 4 rings (SSSR count). The van der Waals surface area contributed by atoms with Gasteiger partial charge in [-0.2, -0.15) is 0 Å². The van der Waals surface area contributed by atoms with Crippen LogP contribution in [0.4, 0.5) is 5.69 Å². The fourth-order valence-corrected chi connectivity index (χ4v) is 6.62. The number of nitrogens with zero attached hydrogens (tertiary/aromatic N) is 2. The Kier molecular flexibility index (Phi) is 8.35. The van der Waals surface area contributed by atoms with E-state index in [4.69, 9.17) is 14.6 Å². The number of aliphatic hydroxyl groups excluding tert-OH is 1. The van der Waals surface area contributed by atoms with E-state index in [0.29, 0.717) is 22.9 Å². The molecular weight excluding hydrogens is 484 g/mol. The van der Waals surface area contributed by atoms with Crippen LogP contribution in [0.5, 0.6) is 11.6 Å². The molecule has 0 bridgehead atoms. The van der Waals surface area contributed by atoms with Crippen LogP contribution in [0.15, 0.2) is 35.4 Å². The van der Waals surface area contributed by atoms with Crippen molar-refractivity contribution in [3.05, 3.63) is 41.6 Å². The molecule has 1 atom stereocenters. The number of anilines is 1. The average molecular weight is 519 g/mol. The van der Waals surface area contributed by atoms with Crippen LogP contribution in [0.1, 0.15) is 56.1 Å². The SMILES string of the molecule is Cc1cnc(OCCO)c(S(=O)(=O)N2C[C@H](CCC(=O)O)Oc3ccc(CC4CCCCC4)cc32)c1. The van der Waals surface area contributed by atoms with Gasteiger partial charge in [0, 0.05) is 12.6 Å². The number of carboxylic acid groups (broad SMARTS) is 1. The molecule has 1 aromatic carbocycles. The summed E-state index contributed by atoms with van der Waals surface area (Å²) in [5, 5.41) is 18.3. The summed E-state index contributed by atoms with van der Waals surface area (Å²) in [6.45, 7) is 1.35. The summed E-state index contributed by atoms with van der Waals surface area (Å²) in [5.74, 6) is -0.0625. The minimum atomic E-state index is -4.14. The first-order chi connectivity index (χ1) is 17.3. The predicted molar refractivity (Wildman–Crippen MR) is 134 cm³/mol. The summed E-state index contributed by atoms with van der Waals surface area (Å²) >= 11 is 0. The molecule has 2 N–H and O–H groups in total. The number of aliphatic hydroxyl groups is 1. The third kappa shape index (κ3) is 6.10. The standard InChI is InChI=1S/C26H34N2O7S/c1-18-13-24(26(27-16-18)34-12-11-29)36(32,33)28-17-21(8-10-25(30)31)35-23-9-7-20(15-22(23)28)14-19-5-3-2-4-6-19/h7,9,13,15-16,19,21,29H,2-6,8,10-12,14,17H2,1H3,(H,30,31)/t21-/m0/s1. The topological polar surface area (TPSA) is 126 Å². The number of hydrogen-bond acceptors (Lipinski definition) is 7. The van der Waals surface area contributed by atoms with Gasteiger partial charge in [-0.3, -0.25) is 9.10 Å². The zero-order valence-electron chi connectivity index (χ0n) is 20.6. The van der Waals surface area contributed by atoms with E-state index >= 15 is 0 Å². The lowest BCUT2D eigenvalue weighted by atomic mass is 9.85. The number of carbonyl (C=O) groups is 1. The molecule has 0 spiro atoms. The van der Waals surface area contributed by atoms with Crippen LogP contribution in [0.3, 0.4) is 0 Å². The van der Waals surface area contributed by atoms with Crippen molar-refractivity contribution in [1.82, 2.24) is 4.98 Å². The number of benzene rings is 1. The second kappa shape index (κ2) is 11.5. The molecule has 0 unspecified atom stereocenters. The Labute approximate surface area is 212 Å². The molecule has 9 nitrogen and oxygen atoms in total. The molecular formula is C26H34N2O7S. The number of ether oxygens (including phenoxy) is 2. The molecule has 196 valence electrons. The number of aliphatic carboxylic acids is 1. The molecule has 0 saturated heterocycles. The molecule has 1 aromatic heterocycles. The third-order valence-electron chi connectivity index (χ3n) is 6.74. The van der Waals surface area contributed by atoms with Crippen LogP contribution in [-0.4, -0.2) is 55.4 Å². The Morgan fingerprint density at radius 1 is 1.22 bits per heavy atom. The average Bonchev–Trinajstić information content (AvgIpc) is 2.86. The first-order valence-corrected chi connectivity index (χ1v) is 14.0. The maximum Gasteiger partial charge on any atom is 0.303 e. The Morgan fingerprint density at radius 2 is 2.00 bits per heavy atom. The summed E-state index contributed by atoms with van der Waals surface area (Å²) in [6.07, 6.45) is 7.87. The Morgan fingerprint density at radius 3 is 2.72 bits per heavy atom. The van der Waals surface area contributed by atoms with Gasteiger partial charge in [-0.05, 0) is 55.0 Å². The van der Waals surface area contributed by atoms with Gasteiger partial charge < -0.3 is 19.7 Å². The first kappa shape index (κ1) is 26.2. The molecule has 1 fully saturated rings. The summed E-state index contributed by atoms with van der Waals surface area (Å²) in [7, 11) is -4.14. The van der Waals surface area contributed by atoms with Crippen LogP contribution >= 0.6 is 0 Å². The monoisotopic (exact) mass is 518 g/mol. The second-order valence-electron chi connectivity index (χ2n) is 9.61. The molecule has 1 aliphatic carbocycles. The van der Waals surface area contributed by atoms with E-state index in [-0.39, 0.29) is 43.4 Å². The summed E-state index contributed by atoms with van der Waals surface area (Å²) < 4.78 is 40.9. The quantitative estimate of drug-likeness (QED) is 0.488. The highest BCUT2D eigenvalue weighted by Crippen LogP contribution is 2.41. The fraction of sp³-hybridized carbons (Fsp3) is 0.538. The van der Waals surface area contributed by atoms with Crippen molar-refractivity contribution < 1.29 is 32.9 Å². The number of carboxylic acids is 1. The Hall–Kier alpha value is -2.85. The zero-order chi connectivity index (χ0) is 25.7. The smallest absolute Gasteiger partial charge is 0.303 e. The van der Waals surface area contributed by atoms with E-state index in [2.05, 4.69) is 4.98 Å². The van der Waals surface area contributed by atoms with Crippen LogP contribution in [0, 0.1) is 12.8 Å². The van der Waals surface area contributed by atoms with E-state index < -0.39 is 22.1 Å². The van der Waals surface area contributed by atoms with Gasteiger partial charge in [0.1, 0.15) is 23.4 Å². The van der Waals surface area contributed by atoms with Crippen LogP contribution in [-0.2, 0) is 21.2 Å². The van der Waals surface area contributed by atoms with Gasteiger partial charge in [0.25, 0.3) is 10.0 Å². The van der Waals surface area contributed by atoms with Gasteiger partial charge in [0.15, 0.2) is 0 Å². The molecule has 10 heteroatoms. The number of aryl methyl sites for hydroxylation is 1. The normalized spacial score (nSPS) is 18.4. The van der Waals surface area contributed by atoms with Crippen molar-refractivity contribution in [3.63, 3.8) is 0 Å². The van der Waals surface area contributed by atoms with Crippen molar-refractivity contribution in [1.29, 1.82) is 0 Å². The largest absolute Gasteiger partial charge is 0.486 e. The molecule has 1 aliphatic heterocycles. The van der Waals surface area contributed by atoms with Gasteiger partial charge in [-0.15, -0.1) is 0 Å². The minimum Gasteiger partial charge on any atom is -0.486 e. The highest BCUT2D eigenvalue weighted by Gasteiger charge is 2.37. The molecule has 2 aromatic rings. The second-order valence-corrected chi connectivity index (χ2v) is 11.4. The van der Waals surface area contributed by atoms with Crippen molar-refractivity contribution in [3.8, 4) is 11.6 Å². The van der Waals surface area contributed by atoms with Crippen LogP contribution < -0.4 is 13.8 Å². The summed E-state index contributed by atoms with van der Waals surface area (Å²) in [5.41, 5.74) is 2.13. The van der Waals surface area contributed by atoms with Gasteiger partial charge in [-0.1, -0.05) is 38.2 Å². The summed E-state index contributed by atoms with van der Waals surface area (Å²) in [6, 6.07) is 7.15. The van der Waals surface area contributed by atoms with Gasteiger partial charge in [-0.25, -0.2) is 13.4 Å². The zero-order valence-corrected chi connectivity index (χ0v) is 21.4. The number of rotatable bonds is 10. The molecule has 2 heterocycles. The van der Waals surface area contributed by atoms with Gasteiger partial charge in [0.05, 0.1) is 18.8 Å². The van der Waals surface area contributed by atoms with Gasteiger partial charge in [0.2, 0.25) is 5.88 Å². The number of hydrogen-bond donors (Lipinski definition) is 2. The maximum absolute atomic E-state index is 14.0. The predicted octanol–water partition coefficient (Wildman–Crippen LogP) is 3.71. The lowest BCUT2D eigenvalue weighted by Crippen LogP contribution is -2.44. The van der Waals surface area contributed by atoms with E-state index in [1.54, 1.807) is 13.0 Å². The van der Waals surface area contributed by atoms with E-state index in [1.807, 2.05) is 12.1 Å². The Balaban J connectivity index is 1.72. The summed E-state index contributed by atoms with van der Waals surface area (Å²) in [4.78, 5) is 15.2. The lowest BCUT2D eigenvalue weighted by molar-refractivity contribution is -0.137. The first-order valence-electron chi connectivity index (χ1n) is 12.5. The van der Waals surface area contributed by atoms with Crippen molar-refractivity contribution in [2.24, 2.45) is 5.92 Å². The number of pyridine rings is 1. The minimum absolute atomic E-state index is 0.0249. The van der Waals surface area contributed by atoms with Crippen molar-refractivity contribution in [2.45, 2.75) is 69.3 Å². The third-order valence-corrected chi connectivity index (χ3v) is 8.51. The van der Waals surface area contributed by atoms with E-state index in [9.17, 15) is 18.3 Å².